The summed E-state index contributed by atoms with van der Waals surface area (Å²) in [5.74, 6) is 0. The Hall–Kier alpha value is -1.76. The zero-order chi connectivity index (χ0) is 15.8. The standard InChI is InChI=1S/C13H6ClF6N/c14-10-9(13(18,19)20)4-5-21-11(10)7-2-1-3-8(6-7)12(15,16)17/h1-6H. The Labute approximate surface area is 120 Å². The Morgan fingerprint density at radius 3 is 2.14 bits per heavy atom. The summed E-state index contributed by atoms with van der Waals surface area (Å²) in [6.07, 6.45) is -8.47. The fourth-order valence-electron chi connectivity index (χ4n) is 1.71. The van der Waals surface area contributed by atoms with Gasteiger partial charge in [-0.05, 0) is 18.2 Å². The maximum atomic E-state index is 12.7. The summed E-state index contributed by atoms with van der Waals surface area (Å²) < 4.78 is 76.0. The second kappa shape index (κ2) is 5.22. The zero-order valence-corrected chi connectivity index (χ0v) is 10.8. The van der Waals surface area contributed by atoms with Crippen molar-refractivity contribution in [3.05, 3.63) is 52.7 Å². The van der Waals surface area contributed by atoms with E-state index in [1.54, 1.807) is 0 Å². The fourth-order valence-corrected chi connectivity index (χ4v) is 2.03. The highest BCUT2D eigenvalue weighted by atomic mass is 35.5. The summed E-state index contributed by atoms with van der Waals surface area (Å²) in [6, 6.07) is 4.47. The summed E-state index contributed by atoms with van der Waals surface area (Å²) in [5, 5.41) is -0.732. The number of pyridine rings is 1. The molecule has 0 bridgehead atoms. The average Bonchev–Trinajstić information content (AvgIpc) is 2.37. The van der Waals surface area contributed by atoms with Crippen molar-refractivity contribution in [1.29, 1.82) is 0 Å². The van der Waals surface area contributed by atoms with Gasteiger partial charge in [-0.15, -0.1) is 0 Å². The Morgan fingerprint density at radius 2 is 1.57 bits per heavy atom. The molecule has 21 heavy (non-hydrogen) atoms. The Bertz CT molecular complexity index is 662. The van der Waals surface area contributed by atoms with Gasteiger partial charge in [0.25, 0.3) is 0 Å². The van der Waals surface area contributed by atoms with Gasteiger partial charge < -0.3 is 0 Å². The van der Waals surface area contributed by atoms with Crippen LogP contribution in [0.15, 0.2) is 36.5 Å². The maximum Gasteiger partial charge on any atom is 0.417 e. The smallest absolute Gasteiger partial charge is 0.255 e. The van der Waals surface area contributed by atoms with E-state index in [-0.39, 0.29) is 11.3 Å². The van der Waals surface area contributed by atoms with E-state index in [4.69, 9.17) is 11.6 Å². The molecule has 2 rings (SSSR count). The predicted molar refractivity (Wildman–Crippen MR) is 64.7 cm³/mol. The molecule has 0 aliphatic rings. The van der Waals surface area contributed by atoms with Crippen LogP contribution < -0.4 is 0 Å². The largest absolute Gasteiger partial charge is 0.417 e. The minimum absolute atomic E-state index is 0.138. The molecule has 0 atom stereocenters. The SMILES string of the molecule is FC(F)(F)c1cccc(-c2nccc(C(F)(F)F)c2Cl)c1. The highest BCUT2D eigenvalue weighted by molar-refractivity contribution is 6.33. The van der Waals surface area contributed by atoms with Gasteiger partial charge in [0.15, 0.2) is 0 Å². The van der Waals surface area contributed by atoms with Crippen LogP contribution >= 0.6 is 11.6 Å². The molecule has 1 nitrogen and oxygen atoms in total. The Balaban J connectivity index is 2.58. The second-order valence-electron chi connectivity index (χ2n) is 4.10. The van der Waals surface area contributed by atoms with E-state index in [0.717, 1.165) is 18.3 Å². The molecule has 0 fully saturated rings. The second-order valence-corrected chi connectivity index (χ2v) is 4.48. The molecule has 0 aliphatic heterocycles. The molecule has 0 spiro atoms. The molecule has 0 N–H and O–H groups in total. The summed E-state index contributed by atoms with van der Waals surface area (Å²) in [6.45, 7) is 0. The van der Waals surface area contributed by atoms with Gasteiger partial charge in [0, 0.05) is 11.8 Å². The van der Waals surface area contributed by atoms with E-state index in [9.17, 15) is 26.3 Å². The van der Waals surface area contributed by atoms with Crippen LogP contribution in [0.25, 0.3) is 11.3 Å². The molecule has 1 aromatic heterocycles. The summed E-state index contributed by atoms with van der Waals surface area (Å²) >= 11 is 5.63. The minimum atomic E-state index is -4.71. The molecule has 0 aliphatic carbocycles. The molecular weight excluding hydrogens is 320 g/mol. The molecule has 1 aromatic carbocycles. The van der Waals surface area contributed by atoms with Crippen LogP contribution in [0.2, 0.25) is 5.02 Å². The lowest BCUT2D eigenvalue weighted by Crippen LogP contribution is -2.08. The molecule has 112 valence electrons. The Morgan fingerprint density at radius 1 is 0.905 bits per heavy atom. The number of hydrogen-bond donors (Lipinski definition) is 0. The number of alkyl halides is 6. The van der Waals surface area contributed by atoms with Crippen LogP contribution in [0.3, 0.4) is 0 Å². The van der Waals surface area contributed by atoms with Gasteiger partial charge in [-0.1, -0.05) is 23.7 Å². The van der Waals surface area contributed by atoms with Crippen LogP contribution in [-0.4, -0.2) is 4.98 Å². The molecule has 0 saturated heterocycles. The molecule has 0 amide bonds. The van der Waals surface area contributed by atoms with Crippen LogP contribution in [0.5, 0.6) is 0 Å². The van der Waals surface area contributed by atoms with Crippen molar-refractivity contribution in [3.63, 3.8) is 0 Å². The summed E-state index contributed by atoms with van der Waals surface area (Å²) in [4.78, 5) is 3.65. The van der Waals surface area contributed by atoms with Crippen molar-refractivity contribution in [3.8, 4) is 11.3 Å². The van der Waals surface area contributed by atoms with Gasteiger partial charge in [0.05, 0.1) is 21.8 Å². The number of aromatic nitrogens is 1. The lowest BCUT2D eigenvalue weighted by atomic mass is 10.1. The lowest BCUT2D eigenvalue weighted by Gasteiger charge is -2.13. The predicted octanol–water partition coefficient (Wildman–Crippen LogP) is 5.44. The molecular formula is C13H6ClF6N. The number of hydrogen-bond acceptors (Lipinski definition) is 1. The zero-order valence-electron chi connectivity index (χ0n) is 10.1. The van der Waals surface area contributed by atoms with E-state index in [2.05, 4.69) is 4.98 Å². The van der Waals surface area contributed by atoms with E-state index in [1.807, 2.05) is 0 Å². The fraction of sp³-hybridized carbons (Fsp3) is 0.154. The monoisotopic (exact) mass is 325 g/mol. The van der Waals surface area contributed by atoms with Gasteiger partial charge in [0.1, 0.15) is 0 Å². The highest BCUT2D eigenvalue weighted by Crippen LogP contribution is 2.39. The number of nitrogens with zero attached hydrogens (tertiary/aromatic N) is 1. The first-order chi connectivity index (χ1) is 9.60. The molecule has 2 aromatic rings. The summed E-state index contributed by atoms with van der Waals surface area (Å²) in [5.41, 5.74) is -2.62. The molecule has 0 unspecified atom stereocenters. The number of benzene rings is 1. The summed E-state index contributed by atoms with van der Waals surface area (Å²) in [7, 11) is 0. The highest BCUT2D eigenvalue weighted by Gasteiger charge is 2.35. The van der Waals surface area contributed by atoms with E-state index in [0.29, 0.717) is 12.1 Å². The third kappa shape index (κ3) is 3.29. The van der Waals surface area contributed by atoms with Crippen LogP contribution in [0, 0.1) is 0 Å². The van der Waals surface area contributed by atoms with Gasteiger partial charge in [-0.3, -0.25) is 4.98 Å². The van der Waals surface area contributed by atoms with Gasteiger partial charge in [0.2, 0.25) is 0 Å². The Kier molecular flexibility index (Phi) is 3.88. The molecule has 1 heterocycles. The van der Waals surface area contributed by atoms with Crippen LogP contribution in [0.1, 0.15) is 11.1 Å². The van der Waals surface area contributed by atoms with Crippen molar-refractivity contribution < 1.29 is 26.3 Å². The number of rotatable bonds is 1. The molecule has 0 saturated carbocycles. The minimum Gasteiger partial charge on any atom is -0.255 e. The quantitative estimate of drug-likeness (QED) is 0.636. The third-order valence-corrected chi connectivity index (χ3v) is 3.04. The van der Waals surface area contributed by atoms with Crippen LogP contribution in [0.4, 0.5) is 26.3 Å². The first-order valence-electron chi connectivity index (χ1n) is 5.50. The maximum absolute atomic E-state index is 12.7. The van der Waals surface area contributed by atoms with E-state index < -0.39 is 28.5 Å². The van der Waals surface area contributed by atoms with Crippen molar-refractivity contribution >= 4 is 11.6 Å². The normalized spacial score (nSPS) is 12.5. The first-order valence-corrected chi connectivity index (χ1v) is 5.88. The topological polar surface area (TPSA) is 12.9 Å². The third-order valence-electron chi connectivity index (χ3n) is 2.66. The first kappa shape index (κ1) is 15.6. The van der Waals surface area contributed by atoms with Crippen molar-refractivity contribution in [1.82, 2.24) is 4.98 Å². The van der Waals surface area contributed by atoms with Crippen molar-refractivity contribution in [2.24, 2.45) is 0 Å². The molecule has 0 radical (unpaired) electrons. The number of halogens is 7. The van der Waals surface area contributed by atoms with Crippen LogP contribution in [-0.2, 0) is 12.4 Å². The molecule has 8 heteroatoms. The lowest BCUT2D eigenvalue weighted by molar-refractivity contribution is -0.138. The van der Waals surface area contributed by atoms with Gasteiger partial charge in [-0.25, -0.2) is 0 Å². The van der Waals surface area contributed by atoms with Crippen molar-refractivity contribution in [2.75, 3.05) is 0 Å². The van der Waals surface area contributed by atoms with E-state index in [1.165, 1.54) is 6.07 Å². The van der Waals surface area contributed by atoms with Crippen molar-refractivity contribution in [2.45, 2.75) is 12.4 Å². The van der Waals surface area contributed by atoms with Gasteiger partial charge >= 0.3 is 12.4 Å². The average molecular weight is 326 g/mol. The van der Waals surface area contributed by atoms with E-state index >= 15 is 0 Å². The van der Waals surface area contributed by atoms with Gasteiger partial charge in [-0.2, -0.15) is 26.3 Å².